The SMILES string of the molecule is CCCC(C)c1[nH]ccc1C=O. The van der Waals surface area contributed by atoms with E-state index < -0.39 is 0 Å². The number of hydrogen-bond acceptors (Lipinski definition) is 1. The Bertz CT molecular complexity index is 252. The zero-order valence-electron chi connectivity index (χ0n) is 7.63. The third-order valence-corrected chi connectivity index (χ3v) is 2.15. The number of aldehydes is 1. The number of nitrogens with one attached hydrogen (secondary N) is 1. The fraction of sp³-hybridized carbons (Fsp3) is 0.500. The Morgan fingerprint density at radius 3 is 3.00 bits per heavy atom. The molecule has 1 rings (SSSR count). The summed E-state index contributed by atoms with van der Waals surface area (Å²) in [5.74, 6) is 0.463. The van der Waals surface area contributed by atoms with Gasteiger partial charge in [-0.3, -0.25) is 4.79 Å². The highest BCUT2D eigenvalue weighted by Crippen LogP contribution is 2.21. The summed E-state index contributed by atoms with van der Waals surface area (Å²) in [4.78, 5) is 13.7. The number of aromatic nitrogens is 1. The Hall–Kier alpha value is -1.05. The van der Waals surface area contributed by atoms with Crippen molar-refractivity contribution in [2.24, 2.45) is 0 Å². The van der Waals surface area contributed by atoms with Crippen LogP contribution >= 0.6 is 0 Å². The lowest BCUT2D eigenvalue weighted by Crippen LogP contribution is -1.96. The third kappa shape index (κ3) is 1.76. The number of H-pyrrole nitrogens is 1. The lowest BCUT2D eigenvalue weighted by atomic mass is 10.00. The quantitative estimate of drug-likeness (QED) is 0.683. The summed E-state index contributed by atoms with van der Waals surface area (Å²) in [7, 11) is 0. The fourth-order valence-corrected chi connectivity index (χ4v) is 1.50. The van der Waals surface area contributed by atoms with Gasteiger partial charge in [0.05, 0.1) is 0 Å². The third-order valence-electron chi connectivity index (χ3n) is 2.15. The van der Waals surface area contributed by atoms with E-state index in [0.29, 0.717) is 5.92 Å². The standard InChI is InChI=1S/C10H15NO/c1-3-4-8(2)10-9(7-12)5-6-11-10/h5-8,11H,3-4H2,1-2H3. The van der Waals surface area contributed by atoms with Crippen LogP contribution in [0.15, 0.2) is 12.3 Å². The Balaban J connectivity index is 2.78. The van der Waals surface area contributed by atoms with Crippen LogP contribution in [-0.2, 0) is 0 Å². The Morgan fingerprint density at radius 1 is 1.67 bits per heavy atom. The molecule has 1 N–H and O–H groups in total. The Kier molecular flexibility index (Phi) is 3.09. The maximum absolute atomic E-state index is 10.6. The number of hydrogen-bond donors (Lipinski definition) is 1. The van der Waals surface area contributed by atoms with Crippen LogP contribution in [0.1, 0.15) is 48.7 Å². The monoisotopic (exact) mass is 165 g/mol. The first-order valence-electron chi connectivity index (χ1n) is 4.42. The van der Waals surface area contributed by atoms with Gasteiger partial charge in [0.1, 0.15) is 0 Å². The van der Waals surface area contributed by atoms with E-state index in [1.54, 1.807) is 0 Å². The molecule has 66 valence electrons. The normalized spacial score (nSPS) is 12.8. The van der Waals surface area contributed by atoms with Crippen molar-refractivity contribution >= 4 is 6.29 Å². The molecule has 1 aromatic rings. The van der Waals surface area contributed by atoms with Crippen LogP contribution in [0.3, 0.4) is 0 Å². The molecule has 0 aromatic carbocycles. The van der Waals surface area contributed by atoms with Crippen molar-refractivity contribution in [1.82, 2.24) is 4.98 Å². The van der Waals surface area contributed by atoms with Crippen LogP contribution < -0.4 is 0 Å². The van der Waals surface area contributed by atoms with E-state index in [4.69, 9.17) is 0 Å². The topological polar surface area (TPSA) is 32.9 Å². The smallest absolute Gasteiger partial charge is 0.151 e. The summed E-state index contributed by atoms with van der Waals surface area (Å²) in [6.45, 7) is 4.29. The zero-order chi connectivity index (χ0) is 8.97. The van der Waals surface area contributed by atoms with E-state index in [1.165, 1.54) is 0 Å². The summed E-state index contributed by atoms with van der Waals surface area (Å²) in [5, 5.41) is 0. The van der Waals surface area contributed by atoms with Crippen molar-refractivity contribution in [2.75, 3.05) is 0 Å². The molecule has 1 heterocycles. The molecule has 1 aromatic heterocycles. The van der Waals surface area contributed by atoms with Gasteiger partial charge in [0, 0.05) is 17.5 Å². The van der Waals surface area contributed by atoms with Crippen molar-refractivity contribution in [3.8, 4) is 0 Å². The van der Waals surface area contributed by atoms with Gasteiger partial charge in [0.15, 0.2) is 6.29 Å². The molecule has 0 saturated carbocycles. The lowest BCUT2D eigenvalue weighted by Gasteiger charge is -2.08. The van der Waals surface area contributed by atoms with Crippen LogP contribution in [0, 0.1) is 0 Å². The average molecular weight is 165 g/mol. The Labute approximate surface area is 73.0 Å². The second-order valence-corrected chi connectivity index (χ2v) is 3.15. The Morgan fingerprint density at radius 2 is 2.42 bits per heavy atom. The van der Waals surface area contributed by atoms with Crippen molar-refractivity contribution in [2.45, 2.75) is 32.6 Å². The molecule has 0 radical (unpaired) electrons. The molecule has 0 amide bonds. The van der Waals surface area contributed by atoms with E-state index in [9.17, 15) is 4.79 Å². The largest absolute Gasteiger partial charge is 0.364 e. The summed E-state index contributed by atoms with van der Waals surface area (Å²) in [6.07, 6.45) is 5.02. The van der Waals surface area contributed by atoms with Crippen LogP contribution in [-0.4, -0.2) is 11.3 Å². The number of carbonyl (C=O) groups excluding carboxylic acids is 1. The first-order chi connectivity index (χ1) is 5.79. The van der Waals surface area contributed by atoms with Crippen molar-refractivity contribution in [1.29, 1.82) is 0 Å². The van der Waals surface area contributed by atoms with Gasteiger partial charge in [0.2, 0.25) is 0 Å². The molecule has 1 atom stereocenters. The van der Waals surface area contributed by atoms with Crippen LogP contribution in [0.5, 0.6) is 0 Å². The average Bonchev–Trinajstić information content (AvgIpc) is 2.51. The van der Waals surface area contributed by atoms with Crippen LogP contribution in [0.2, 0.25) is 0 Å². The first kappa shape index (κ1) is 9.04. The summed E-state index contributed by atoms with van der Waals surface area (Å²) in [6, 6.07) is 1.83. The summed E-state index contributed by atoms with van der Waals surface area (Å²) in [5.41, 5.74) is 1.88. The van der Waals surface area contributed by atoms with Gasteiger partial charge in [-0.15, -0.1) is 0 Å². The maximum atomic E-state index is 10.6. The van der Waals surface area contributed by atoms with Crippen LogP contribution in [0.4, 0.5) is 0 Å². The van der Waals surface area contributed by atoms with E-state index in [0.717, 1.165) is 30.4 Å². The summed E-state index contributed by atoms with van der Waals surface area (Å²) >= 11 is 0. The van der Waals surface area contributed by atoms with Crippen molar-refractivity contribution in [3.05, 3.63) is 23.5 Å². The van der Waals surface area contributed by atoms with Crippen LogP contribution in [0.25, 0.3) is 0 Å². The molecule has 0 aliphatic carbocycles. The highest BCUT2D eigenvalue weighted by Gasteiger charge is 2.09. The van der Waals surface area contributed by atoms with Gasteiger partial charge in [-0.1, -0.05) is 20.3 Å². The molecule has 0 bridgehead atoms. The first-order valence-corrected chi connectivity index (χ1v) is 4.42. The van der Waals surface area contributed by atoms with Gasteiger partial charge in [-0.05, 0) is 18.4 Å². The molecule has 2 nitrogen and oxygen atoms in total. The minimum absolute atomic E-state index is 0.463. The number of carbonyl (C=O) groups is 1. The van der Waals surface area contributed by atoms with Gasteiger partial charge >= 0.3 is 0 Å². The molecule has 0 saturated heterocycles. The van der Waals surface area contributed by atoms with Crippen molar-refractivity contribution < 1.29 is 4.79 Å². The van der Waals surface area contributed by atoms with Gasteiger partial charge in [0.25, 0.3) is 0 Å². The fourth-order valence-electron chi connectivity index (χ4n) is 1.50. The zero-order valence-corrected chi connectivity index (χ0v) is 7.63. The molecule has 0 aliphatic rings. The van der Waals surface area contributed by atoms with E-state index in [1.807, 2.05) is 12.3 Å². The molecule has 12 heavy (non-hydrogen) atoms. The molecule has 2 heteroatoms. The molecular weight excluding hydrogens is 150 g/mol. The van der Waals surface area contributed by atoms with Gasteiger partial charge in [-0.2, -0.15) is 0 Å². The van der Waals surface area contributed by atoms with E-state index >= 15 is 0 Å². The number of rotatable bonds is 4. The molecule has 0 fully saturated rings. The maximum Gasteiger partial charge on any atom is 0.151 e. The van der Waals surface area contributed by atoms with E-state index in [2.05, 4.69) is 18.8 Å². The van der Waals surface area contributed by atoms with Gasteiger partial charge < -0.3 is 4.98 Å². The molecule has 0 aliphatic heterocycles. The lowest BCUT2D eigenvalue weighted by molar-refractivity contribution is 0.112. The molecule has 1 unspecified atom stereocenters. The highest BCUT2D eigenvalue weighted by molar-refractivity contribution is 5.76. The van der Waals surface area contributed by atoms with Crippen molar-refractivity contribution in [3.63, 3.8) is 0 Å². The summed E-state index contributed by atoms with van der Waals surface area (Å²) < 4.78 is 0. The second kappa shape index (κ2) is 4.10. The highest BCUT2D eigenvalue weighted by atomic mass is 16.1. The van der Waals surface area contributed by atoms with Gasteiger partial charge in [-0.25, -0.2) is 0 Å². The minimum atomic E-state index is 0.463. The molecule has 0 spiro atoms. The minimum Gasteiger partial charge on any atom is -0.364 e. The number of aromatic amines is 1. The molecular formula is C10H15NO. The van der Waals surface area contributed by atoms with E-state index in [-0.39, 0.29) is 0 Å². The predicted molar refractivity (Wildman–Crippen MR) is 49.5 cm³/mol. The second-order valence-electron chi connectivity index (χ2n) is 3.15. The predicted octanol–water partition coefficient (Wildman–Crippen LogP) is 2.73.